The molecule has 3 nitrogen and oxygen atoms in total. The maximum absolute atomic E-state index is 5.43. The summed E-state index contributed by atoms with van der Waals surface area (Å²) in [4.78, 5) is 4.30. The predicted molar refractivity (Wildman–Crippen MR) is 59.0 cm³/mol. The third-order valence-electron chi connectivity index (χ3n) is 2.51. The van der Waals surface area contributed by atoms with Crippen LogP contribution < -0.4 is 11.3 Å². The van der Waals surface area contributed by atoms with Crippen LogP contribution in [0.15, 0.2) is 24.4 Å². The third-order valence-corrected chi connectivity index (χ3v) is 2.51. The molecule has 1 heterocycles. The van der Waals surface area contributed by atoms with Crippen LogP contribution >= 0.6 is 0 Å². The van der Waals surface area contributed by atoms with Crippen LogP contribution in [0.3, 0.4) is 0 Å². The maximum Gasteiger partial charge on any atom is 0.0726 e. The molecule has 0 aliphatic carbocycles. The summed E-state index contributed by atoms with van der Waals surface area (Å²) in [5, 5.41) is 1.07. The molecule has 2 aromatic rings. The maximum atomic E-state index is 5.43. The molecule has 0 bridgehead atoms. The second-order valence-corrected chi connectivity index (χ2v) is 3.46. The van der Waals surface area contributed by atoms with Gasteiger partial charge in [0, 0.05) is 11.6 Å². The monoisotopic (exact) mass is 187 g/mol. The lowest BCUT2D eigenvalue weighted by Crippen LogP contribution is -2.07. The van der Waals surface area contributed by atoms with Crippen LogP contribution in [0.1, 0.15) is 11.1 Å². The van der Waals surface area contributed by atoms with Gasteiger partial charge in [-0.2, -0.15) is 0 Å². The smallest absolute Gasteiger partial charge is 0.0726 e. The van der Waals surface area contributed by atoms with Crippen molar-refractivity contribution in [3.8, 4) is 0 Å². The second kappa shape index (κ2) is 3.27. The van der Waals surface area contributed by atoms with Crippen molar-refractivity contribution in [2.45, 2.75) is 13.8 Å². The van der Waals surface area contributed by atoms with Gasteiger partial charge in [-0.15, -0.1) is 0 Å². The zero-order valence-corrected chi connectivity index (χ0v) is 8.33. The van der Waals surface area contributed by atoms with E-state index in [0.29, 0.717) is 0 Å². The number of aryl methyl sites for hydroxylation is 2. The van der Waals surface area contributed by atoms with Gasteiger partial charge >= 0.3 is 0 Å². The number of aromatic nitrogens is 1. The summed E-state index contributed by atoms with van der Waals surface area (Å²) < 4.78 is 0. The number of pyridine rings is 1. The number of nitrogens with one attached hydrogen (secondary N) is 1. The Balaban J connectivity index is 2.81. The molecule has 0 radical (unpaired) electrons. The van der Waals surface area contributed by atoms with E-state index >= 15 is 0 Å². The van der Waals surface area contributed by atoms with E-state index in [1.807, 2.05) is 6.07 Å². The average molecular weight is 187 g/mol. The van der Waals surface area contributed by atoms with E-state index in [4.69, 9.17) is 5.84 Å². The van der Waals surface area contributed by atoms with Crippen molar-refractivity contribution >= 4 is 16.6 Å². The third kappa shape index (κ3) is 1.32. The van der Waals surface area contributed by atoms with E-state index in [2.05, 4.69) is 36.4 Å². The molecule has 0 atom stereocenters. The Morgan fingerprint density at radius 2 is 1.93 bits per heavy atom. The lowest BCUT2D eigenvalue weighted by Gasteiger charge is -2.07. The highest BCUT2D eigenvalue weighted by Gasteiger charge is 2.02. The first-order chi connectivity index (χ1) is 6.72. The van der Waals surface area contributed by atoms with Gasteiger partial charge in [-0.25, -0.2) is 0 Å². The minimum absolute atomic E-state index is 0.915. The fourth-order valence-electron chi connectivity index (χ4n) is 1.53. The molecule has 14 heavy (non-hydrogen) atoms. The Kier molecular flexibility index (Phi) is 2.09. The van der Waals surface area contributed by atoms with E-state index in [0.717, 1.165) is 16.6 Å². The quantitative estimate of drug-likeness (QED) is 0.531. The van der Waals surface area contributed by atoms with Crippen LogP contribution in [0.5, 0.6) is 0 Å². The SMILES string of the molecule is Cc1cc2nccc(NN)c2cc1C. The van der Waals surface area contributed by atoms with Crippen molar-refractivity contribution in [3.63, 3.8) is 0 Å². The average Bonchev–Trinajstić information content (AvgIpc) is 2.19. The number of nitrogens with zero attached hydrogens (tertiary/aromatic N) is 1. The molecule has 3 heteroatoms. The van der Waals surface area contributed by atoms with Gasteiger partial charge in [0.25, 0.3) is 0 Å². The number of rotatable bonds is 1. The molecule has 0 saturated carbocycles. The Morgan fingerprint density at radius 1 is 1.21 bits per heavy atom. The molecule has 3 N–H and O–H groups in total. The summed E-state index contributed by atoms with van der Waals surface area (Å²) in [6.45, 7) is 4.17. The van der Waals surface area contributed by atoms with E-state index in [1.165, 1.54) is 11.1 Å². The van der Waals surface area contributed by atoms with Crippen LogP contribution in [-0.2, 0) is 0 Å². The van der Waals surface area contributed by atoms with Crippen LogP contribution in [0, 0.1) is 13.8 Å². The van der Waals surface area contributed by atoms with Gasteiger partial charge in [-0.05, 0) is 43.2 Å². The number of nitrogen functional groups attached to an aromatic ring is 1. The summed E-state index contributed by atoms with van der Waals surface area (Å²) in [5.41, 5.74) is 7.07. The van der Waals surface area contributed by atoms with Crippen molar-refractivity contribution in [1.29, 1.82) is 0 Å². The minimum Gasteiger partial charge on any atom is -0.323 e. The first-order valence-corrected chi connectivity index (χ1v) is 4.55. The van der Waals surface area contributed by atoms with Crippen molar-refractivity contribution in [1.82, 2.24) is 4.98 Å². The lowest BCUT2D eigenvalue weighted by atomic mass is 10.1. The molecule has 0 unspecified atom stereocenters. The fraction of sp³-hybridized carbons (Fsp3) is 0.182. The van der Waals surface area contributed by atoms with Gasteiger partial charge in [0.05, 0.1) is 11.2 Å². The largest absolute Gasteiger partial charge is 0.323 e. The Bertz CT molecular complexity index is 477. The summed E-state index contributed by atoms with van der Waals surface area (Å²) in [6, 6.07) is 6.05. The number of hydrazine groups is 1. The highest BCUT2D eigenvalue weighted by Crippen LogP contribution is 2.23. The van der Waals surface area contributed by atoms with Crippen molar-refractivity contribution in [2.24, 2.45) is 5.84 Å². The minimum atomic E-state index is 0.915. The molecule has 1 aromatic carbocycles. The van der Waals surface area contributed by atoms with Gasteiger partial charge in [-0.1, -0.05) is 0 Å². The normalized spacial score (nSPS) is 10.5. The van der Waals surface area contributed by atoms with Gasteiger partial charge < -0.3 is 5.43 Å². The number of anilines is 1. The number of hydrogen-bond donors (Lipinski definition) is 2. The van der Waals surface area contributed by atoms with Crippen LogP contribution in [0.2, 0.25) is 0 Å². The summed E-state index contributed by atoms with van der Waals surface area (Å²) >= 11 is 0. The van der Waals surface area contributed by atoms with Crippen molar-refractivity contribution in [2.75, 3.05) is 5.43 Å². The van der Waals surface area contributed by atoms with Gasteiger partial charge in [-0.3, -0.25) is 10.8 Å². The first kappa shape index (κ1) is 8.97. The predicted octanol–water partition coefficient (Wildman–Crippen LogP) is 2.14. The Labute approximate surface area is 82.9 Å². The molecule has 0 aliphatic rings. The topological polar surface area (TPSA) is 50.9 Å². The van der Waals surface area contributed by atoms with Crippen LogP contribution in [0.4, 0.5) is 5.69 Å². The molecule has 0 spiro atoms. The summed E-state index contributed by atoms with van der Waals surface area (Å²) in [7, 11) is 0. The summed E-state index contributed by atoms with van der Waals surface area (Å²) in [6.07, 6.45) is 1.76. The van der Waals surface area contributed by atoms with E-state index < -0.39 is 0 Å². The molecular weight excluding hydrogens is 174 g/mol. The lowest BCUT2D eigenvalue weighted by molar-refractivity contribution is 1.30. The fourth-order valence-corrected chi connectivity index (χ4v) is 1.53. The van der Waals surface area contributed by atoms with E-state index in [1.54, 1.807) is 6.20 Å². The standard InChI is InChI=1S/C11H13N3/c1-7-5-9-10(14-12)3-4-13-11(9)6-8(7)2/h3-6H,12H2,1-2H3,(H,13,14). The highest BCUT2D eigenvalue weighted by atomic mass is 15.2. The number of fused-ring (bicyclic) bond motifs is 1. The molecule has 0 amide bonds. The molecular formula is C11H13N3. The molecule has 0 aliphatic heterocycles. The molecule has 0 fully saturated rings. The molecule has 72 valence electrons. The highest BCUT2D eigenvalue weighted by molar-refractivity contribution is 5.91. The van der Waals surface area contributed by atoms with Crippen LogP contribution in [-0.4, -0.2) is 4.98 Å². The second-order valence-electron chi connectivity index (χ2n) is 3.46. The van der Waals surface area contributed by atoms with Gasteiger partial charge in [0.1, 0.15) is 0 Å². The van der Waals surface area contributed by atoms with E-state index in [-0.39, 0.29) is 0 Å². The van der Waals surface area contributed by atoms with Crippen molar-refractivity contribution < 1.29 is 0 Å². The zero-order chi connectivity index (χ0) is 10.1. The molecule has 0 saturated heterocycles. The molecule has 2 rings (SSSR count). The number of benzene rings is 1. The first-order valence-electron chi connectivity index (χ1n) is 4.55. The van der Waals surface area contributed by atoms with Crippen molar-refractivity contribution in [3.05, 3.63) is 35.5 Å². The zero-order valence-electron chi connectivity index (χ0n) is 8.33. The summed E-state index contributed by atoms with van der Waals surface area (Å²) in [5.74, 6) is 5.43. The Morgan fingerprint density at radius 3 is 2.64 bits per heavy atom. The van der Waals surface area contributed by atoms with Gasteiger partial charge in [0.2, 0.25) is 0 Å². The van der Waals surface area contributed by atoms with Crippen LogP contribution in [0.25, 0.3) is 10.9 Å². The number of nitrogens with two attached hydrogens (primary N) is 1. The van der Waals surface area contributed by atoms with E-state index in [9.17, 15) is 0 Å². The number of hydrogen-bond acceptors (Lipinski definition) is 3. The molecule has 1 aromatic heterocycles. The van der Waals surface area contributed by atoms with Gasteiger partial charge in [0.15, 0.2) is 0 Å². The Hall–Kier alpha value is -1.61.